The van der Waals surface area contributed by atoms with Crippen molar-refractivity contribution in [3.8, 4) is 0 Å². The molecule has 1 aromatic heterocycles. The second-order valence-corrected chi connectivity index (χ2v) is 4.55. The number of rotatable bonds is 8. The Morgan fingerprint density at radius 1 is 1.38 bits per heavy atom. The number of H-pyrrole nitrogens is 1. The summed E-state index contributed by atoms with van der Waals surface area (Å²) in [7, 11) is 0. The predicted molar refractivity (Wildman–Crippen MR) is 76.7 cm³/mol. The van der Waals surface area contributed by atoms with Gasteiger partial charge in [-0.25, -0.2) is 9.78 Å². The van der Waals surface area contributed by atoms with Crippen LogP contribution in [0.1, 0.15) is 5.69 Å². The molecule has 0 saturated carbocycles. The smallest absolute Gasteiger partial charge is 0.326 e. The molecule has 6 N–H and O–H groups in total. The third-order valence-corrected chi connectivity index (χ3v) is 2.98. The molecule has 10 heteroatoms. The van der Waals surface area contributed by atoms with E-state index in [0.717, 1.165) is 0 Å². The molecule has 0 aliphatic heterocycles. The lowest BCUT2D eigenvalue weighted by Crippen LogP contribution is -2.53. The van der Waals surface area contributed by atoms with Gasteiger partial charge in [0.25, 0.3) is 0 Å². The molecule has 0 aliphatic carbocycles. The molecule has 0 aliphatic rings. The van der Waals surface area contributed by atoms with Crippen LogP contribution < -0.4 is 16.4 Å². The number of aromatic amines is 1. The molecule has 1 heterocycles. The summed E-state index contributed by atoms with van der Waals surface area (Å²) in [5.41, 5.74) is 5.71. The van der Waals surface area contributed by atoms with Gasteiger partial charge >= 0.3 is 5.97 Å². The van der Waals surface area contributed by atoms with Gasteiger partial charge in [-0.3, -0.25) is 9.59 Å². The summed E-state index contributed by atoms with van der Waals surface area (Å²) in [6.07, 6.45) is 2.92. The van der Waals surface area contributed by atoms with Gasteiger partial charge in [-0.15, -0.1) is 0 Å². The van der Waals surface area contributed by atoms with E-state index in [-0.39, 0.29) is 18.7 Å². The van der Waals surface area contributed by atoms with E-state index in [9.17, 15) is 14.4 Å². The number of hydrogen-bond donors (Lipinski definition) is 6. The monoisotopic (exact) mass is 315 g/mol. The fourth-order valence-corrected chi connectivity index (χ4v) is 1.79. The number of thiol groups is 1. The highest BCUT2D eigenvalue weighted by Gasteiger charge is 2.26. The highest BCUT2D eigenvalue weighted by Crippen LogP contribution is 2.00. The average molecular weight is 315 g/mol. The minimum atomic E-state index is -1.19. The second-order valence-electron chi connectivity index (χ2n) is 4.19. The van der Waals surface area contributed by atoms with Crippen LogP contribution in [0.3, 0.4) is 0 Å². The molecule has 0 fully saturated rings. The Morgan fingerprint density at radius 2 is 2.10 bits per heavy atom. The second kappa shape index (κ2) is 8.27. The van der Waals surface area contributed by atoms with E-state index in [2.05, 4.69) is 33.2 Å². The number of hydrogen-bond acceptors (Lipinski definition) is 6. The first-order chi connectivity index (χ1) is 9.97. The molecule has 2 unspecified atom stereocenters. The topological polar surface area (TPSA) is 150 Å². The summed E-state index contributed by atoms with van der Waals surface area (Å²) < 4.78 is 0. The zero-order chi connectivity index (χ0) is 15.8. The van der Waals surface area contributed by atoms with Gasteiger partial charge in [0.15, 0.2) is 0 Å². The summed E-state index contributed by atoms with van der Waals surface area (Å²) in [6, 6.07) is -2.09. The van der Waals surface area contributed by atoms with Crippen LogP contribution in [0.4, 0.5) is 0 Å². The number of aliphatic carboxylic acids is 1. The summed E-state index contributed by atoms with van der Waals surface area (Å²) >= 11 is 3.95. The molecule has 9 nitrogen and oxygen atoms in total. The molecule has 1 aromatic rings. The number of carbonyl (C=O) groups excluding carboxylic acids is 2. The number of imidazole rings is 1. The van der Waals surface area contributed by atoms with Gasteiger partial charge in [0.05, 0.1) is 12.9 Å². The van der Waals surface area contributed by atoms with Gasteiger partial charge in [0.2, 0.25) is 11.8 Å². The van der Waals surface area contributed by atoms with Gasteiger partial charge in [0, 0.05) is 24.1 Å². The van der Waals surface area contributed by atoms with Crippen LogP contribution in [0.25, 0.3) is 0 Å². The number of carbonyl (C=O) groups is 3. The first-order valence-corrected chi connectivity index (χ1v) is 6.71. The lowest BCUT2D eigenvalue weighted by Gasteiger charge is -2.19. The van der Waals surface area contributed by atoms with Gasteiger partial charge in [-0.1, -0.05) is 0 Å². The number of nitrogens with two attached hydrogens (primary N) is 1. The molecular formula is C11H17N5O4S. The SMILES string of the molecule is NCC(=O)NC(CS)C(=O)NC(Cc1cnc[nH]1)C(=O)O. The first kappa shape index (κ1) is 17.0. The maximum absolute atomic E-state index is 12.0. The Kier molecular flexibility index (Phi) is 6.69. The molecule has 2 amide bonds. The Labute approximate surface area is 126 Å². The van der Waals surface area contributed by atoms with Crippen molar-refractivity contribution in [3.05, 3.63) is 18.2 Å². The third kappa shape index (κ3) is 5.44. The Morgan fingerprint density at radius 3 is 2.57 bits per heavy atom. The van der Waals surface area contributed by atoms with Crippen molar-refractivity contribution in [2.75, 3.05) is 12.3 Å². The van der Waals surface area contributed by atoms with Crippen LogP contribution >= 0.6 is 12.6 Å². The molecule has 0 spiro atoms. The van der Waals surface area contributed by atoms with Gasteiger partial charge in [-0.05, 0) is 0 Å². The zero-order valence-electron chi connectivity index (χ0n) is 11.1. The third-order valence-electron chi connectivity index (χ3n) is 2.61. The summed E-state index contributed by atoms with van der Waals surface area (Å²) in [5.74, 6) is -2.34. The molecule has 0 saturated heterocycles. The minimum absolute atomic E-state index is 0.0218. The van der Waals surface area contributed by atoms with Gasteiger partial charge in [0.1, 0.15) is 12.1 Å². The Balaban J connectivity index is 2.66. The van der Waals surface area contributed by atoms with Crippen LogP contribution in [-0.4, -0.2) is 57.2 Å². The molecule has 0 aromatic carbocycles. The normalized spacial score (nSPS) is 13.2. The molecule has 21 heavy (non-hydrogen) atoms. The number of amides is 2. The van der Waals surface area contributed by atoms with Crippen molar-refractivity contribution >= 4 is 30.4 Å². The molecule has 0 bridgehead atoms. The Bertz CT molecular complexity index is 493. The number of aromatic nitrogens is 2. The van der Waals surface area contributed by atoms with Crippen LogP contribution in [0.2, 0.25) is 0 Å². The zero-order valence-corrected chi connectivity index (χ0v) is 12.0. The number of nitrogens with zero attached hydrogens (tertiary/aromatic N) is 1. The van der Waals surface area contributed by atoms with Crippen molar-refractivity contribution in [1.29, 1.82) is 0 Å². The van der Waals surface area contributed by atoms with Crippen molar-refractivity contribution in [1.82, 2.24) is 20.6 Å². The number of nitrogens with one attached hydrogen (secondary N) is 3. The molecular weight excluding hydrogens is 298 g/mol. The largest absolute Gasteiger partial charge is 0.480 e. The maximum Gasteiger partial charge on any atom is 0.326 e. The molecule has 0 radical (unpaired) electrons. The minimum Gasteiger partial charge on any atom is -0.480 e. The van der Waals surface area contributed by atoms with Crippen molar-refractivity contribution in [3.63, 3.8) is 0 Å². The quantitative estimate of drug-likeness (QED) is 0.302. The van der Waals surface area contributed by atoms with E-state index >= 15 is 0 Å². The van der Waals surface area contributed by atoms with Crippen molar-refractivity contribution in [2.45, 2.75) is 18.5 Å². The van der Waals surface area contributed by atoms with Gasteiger partial charge < -0.3 is 26.5 Å². The predicted octanol–water partition coefficient (Wildman–Crippen LogP) is -2.11. The van der Waals surface area contributed by atoms with Crippen molar-refractivity contribution < 1.29 is 19.5 Å². The molecule has 116 valence electrons. The highest BCUT2D eigenvalue weighted by atomic mass is 32.1. The van der Waals surface area contributed by atoms with Crippen LogP contribution in [-0.2, 0) is 20.8 Å². The van der Waals surface area contributed by atoms with E-state index in [1.165, 1.54) is 12.5 Å². The summed E-state index contributed by atoms with van der Waals surface area (Å²) in [6.45, 7) is -0.270. The average Bonchev–Trinajstić information content (AvgIpc) is 2.96. The Hall–Kier alpha value is -2.07. The van der Waals surface area contributed by atoms with E-state index in [1.807, 2.05) is 0 Å². The number of carboxylic acids is 1. The fraction of sp³-hybridized carbons (Fsp3) is 0.455. The van der Waals surface area contributed by atoms with E-state index in [0.29, 0.717) is 5.69 Å². The van der Waals surface area contributed by atoms with Crippen molar-refractivity contribution in [2.24, 2.45) is 5.73 Å². The van der Waals surface area contributed by atoms with Crippen LogP contribution in [0.15, 0.2) is 12.5 Å². The van der Waals surface area contributed by atoms with Crippen LogP contribution in [0.5, 0.6) is 0 Å². The fourth-order valence-electron chi connectivity index (χ4n) is 1.54. The standard InChI is InChI=1S/C11H17N5O4S/c12-2-9(17)15-8(4-21)10(18)16-7(11(19)20)1-6-3-13-5-14-6/h3,5,7-8,21H,1-2,4,12H2,(H,13,14)(H,15,17)(H,16,18)(H,19,20). The lowest BCUT2D eigenvalue weighted by molar-refractivity contribution is -0.142. The summed E-state index contributed by atoms with van der Waals surface area (Å²) in [5, 5.41) is 13.8. The van der Waals surface area contributed by atoms with E-state index in [1.54, 1.807) is 0 Å². The lowest BCUT2D eigenvalue weighted by atomic mass is 10.1. The number of carboxylic acid groups (broad SMARTS) is 1. The van der Waals surface area contributed by atoms with E-state index in [4.69, 9.17) is 10.8 Å². The highest BCUT2D eigenvalue weighted by molar-refractivity contribution is 7.80. The maximum atomic E-state index is 12.0. The molecule has 2 atom stereocenters. The first-order valence-electron chi connectivity index (χ1n) is 6.08. The van der Waals surface area contributed by atoms with Gasteiger partial charge in [-0.2, -0.15) is 12.6 Å². The molecule has 1 rings (SSSR count). The van der Waals surface area contributed by atoms with Crippen LogP contribution in [0, 0.1) is 0 Å². The van der Waals surface area contributed by atoms with E-state index < -0.39 is 29.9 Å². The summed E-state index contributed by atoms with van der Waals surface area (Å²) in [4.78, 5) is 40.8.